The van der Waals surface area contributed by atoms with E-state index in [1.54, 1.807) is 12.4 Å². The van der Waals surface area contributed by atoms with Crippen LogP contribution in [-0.4, -0.2) is 14.4 Å². The van der Waals surface area contributed by atoms with E-state index < -0.39 is 0 Å². The van der Waals surface area contributed by atoms with Crippen LogP contribution in [-0.2, 0) is 0 Å². The third-order valence-electron chi connectivity index (χ3n) is 1.63. The monoisotopic (exact) mass is 262 g/mol. The summed E-state index contributed by atoms with van der Waals surface area (Å²) < 4.78 is 1.10. The molecule has 0 aliphatic heterocycles. The molecule has 0 aromatic carbocycles. The summed E-state index contributed by atoms with van der Waals surface area (Å²) in [6, 6.07) is 1.85. The van der Waals surface area contributed by atoms with Crippen molar-refractivity contribution in [3.05, 3.63) is 24.3 Å². The highest BCUT2D eigenvalue weighted by Gasteiger charge is 2.08. The molecule has 1 aromatic heterocycles. The highest BCUT2D eigenvalue weighted by atomic mass is 127. The molecule has 0 spiro atoms. The van der Waals surface area contributed by atoms with E-state index in [9.17, 15) is 0 Å². The molecular weight excluding hydrogens is 251 g/mol. The molecule has 0 aliphatic rings. The Morgan fingerprint density at radius 1 is 1.45 bits per heavy atom. The number of rotatable bonds is 3. The number of alkyl halides is 1. The van der Waals surface area contributed by atoms with Crippen LogP contribution in [0.4, 0.5) is 0 Å². The van der Waals surface area contributed by atoms with Crippen LogP contribution in [0, 0.1) is 0 Å². The van der Waals surface area contributed by atoms with Crippen molar-refractivity contribution in [3.63, 3.8) is 0 Å². The van der Waals surface area contributed by atoms with Gasteiger partial charge in [-0.1, -0.05) is 29.5 Å². The molecule has 0 radical (unpaired) electrons. The van der Waals surface area contributed by atoms with Gasteiger partial charge in [-0.05, 0) is 12.5 Å². The molecular formula is C8H11IN2. The van der Waals surface area contributed by atoms with Crippen molar-refractivity contribution in [1.82, 2.24) is 9.97 Å². The average Bonchev–Trinajstić information content (AvgIpc) is 2.09. The fourth-order valence-corrected chi connectivity index (χ4v) is 1.90. The summed E-state index contributed by atoms with van der Waals surface area (Å²) in [4.78, 5) is 8.41. The zero-order valence-electron chi connectivity index (χ0n) is 6.50. The van der Waals surface area contributed by atoms with E-state index in [-0.39, 0.29) is 0 Å². The van der Waals surface area contributed by atoms with Crippen LogP contribution in [0.3, 0.4) is 0 Å². The molecule has 1 heterocycles. The van der Waals surface area contributed by atoms with Crippen molar-refractivity contribution in [2.75, 3.05) is 4.43 Å². The first-order valence-electron chi connectivity index (χ1n) is 3.71. The van der Waals surface area contributed by atoms with Gasteiger partial charge in [0.25, 0.3) is 0 Å². The van der Waals surface area contributed by atoms with E-state index in [1.165, 1.54) is 0 Å². The molecule has 0 fully saturated rings. The van der Waals surface area contributed by atoms with E-state index >= 15 is 0 Å². The van der Waals surface area contributed by atoms with Crippen molar-refractivity contribution >= 4 is 22.6 Å². The lowest BCUT2D eigenvalue weighted by Crippen LogP contribution is -2.03. The predicted octanol–water partition coefficient (Wildman–Crippen LogP) is 2.41. The molecule has 1 rings (SSSR count). The topological polar surface area (TPSA) is 25.8 Å². The highest BCUT2D eigenvalue weighted by Crippen LogP contribution is 2.16. The van der Waals surface area contributed by atoms with Gasteiger partial charge < -0.3 is 0 Å². The summed E-state index contributed by atoms with van der Waals surface area (Å²) in [6.07, 6.45) is 4.72. The van der Waals surface area contributed by atoms with Crippen LogP contribution in [0.15, 0.2) is 18.5 Å². The van der Waals surface area contributed by atoms with Crippen molar-refractivity contribution in [3.8, 4) is 0 Å². The first-order chi connectivity index (χ1) is 5.38. The minimum absolute atomic E-state index is 0.525. The van der Waals surface area contributed by atoms with Gasteiger partial charge in [-0.3, -0.25) is 0 Å². The minimum atomic E-state index is 0.525. The fraction of sp³-hybridized carbons (Fsp3) is 0.500. The van der Waals surface area contributed by atoms with Gasteiger partial charge in [-0.25, -0.2) is 9.97 Å². The highest BCUT2D eigenvalue weighted by molar-refractivity contribution is 14.1. The fourth-order valence-electron chi connectivity index (χ4n) is 0.882. The normalized spacial score (nSPS) is 12.9. The number of nitrogens with zero attached hydrogens (tertiary/aromatic N) is 2. The quantitative estimate of drug-likeness (QED) is 0.617. The number of aromatic nitrogens is 2. The molecule has 0 N–H and O–H groups in total. The molecule has 0 aliphatic carbocycles. The van der Waals surface area contributed by atoms with Gasteiger partial charge >= 0.3 is 0 Å². The molecule has 2 nitrogen and oxygen atoms in total. The Labute approximate surface area is 80.6 Å². The van der Waals surface area contributed by atoms with Crippen LogP contribution in [0.2, 0.25) is 0 Å². The van der Waals surface area contributed by atoms with Crippen molar-refractivity contribution < 1.29 is 0 Å². The average molecular weight is 262 g/mol. The van der Waals surface area contributed by atoms with Gasteiger partial charge in [0.15, 0.2) is 0 Å². The van der Waals surface area contributed by atoms with Crippen LogP contribution in [0.25, 0.3) is 0 Å². The molecule has 60 valence electrons. The van der Waals surface area contributed by atoms with Crippen molar-refractivity contribution in [2.24, 2.45) is 0 Å². The van der Waals surface area contributed by atoms with Gasteiger partial charge in [0, 0.05) is 22.7 Å². The number of halogens is 1. The summed E-state index contributed by atoms with van der Waals surface area (Å²) >= 11 is 2.37. The van der Waals surface area contributed by atoms with E-state index in [4.69, 9.17) is 0 Å². The zero-order valence-corrected chi connectivity index (χ0v) is 8.65. The van der Waals surface area contributed by atoms with Gasteiger partial charge in [-0.15, -0.1) is 0 Å². The van der Waals surface area contributed by atoms with E-state index in [0.717, 1.165) is 16.7 Å². The Bertz CT molecular complexity index is 197. The largest absolute Gasteiger partial charge is 0.241 e. The predicted molar refractivity (Wildman–Crippen MR) is 54.0 cm³/mol. The summed E-state index contributed by atoms with van der Waals surface area (Å²) in [5.41, 5.74) is 0. The number of hydrogen-bond acceptors (Lipinski definition) is 2. The Morgan fingerprint density at radius 2 is 2.09 bits per heavy atom. The molecule has 0 amide bonds. The summed E-state index contributed by atoms with van der Waals surface area (Å²) in [6.45, 7) is 2.17. The standard InChI is InChI=1S/C8H11IN2/c1-2-7(6-9)8-10-4-3-5-11-8/h3-5,7H,2,6H2,1H3. The molecule has 0 saturated carbocycles. The second-order valence-electron chi connectivity index (χ2n) is 2.37. The lowest BCUT2D eigenvalue weighted by molar-refractivity contribution is 0.695. The van der Waals surface area contributed by atoms with Gasteiger partial charge in [0.2, 0.25) is 0 Å². The molecule has 0 bridgehead atoms. The second-order valence-corrected chi connectivity index (χ2v) is 3.25. The summed E-state index contributed by atoms with van der Waals surface area (Å²) in [5.74, 6) is 1.50. The van der Waals surface area contributed by atoms with Gasteiger partial charge in [0.1, 0.15) is 5.82 Å². The van der Waals surface area contributed by atoms with Crippen LogP contribution in [0.5, 0.6) is 0 Å². The Hall–Kier alpha value is -0.190. The van der Waals surface area contributed by atoms with Gasteiger partial charge in [0.05, 0.1) is 0 Å². The van der Waals surface area contributed by atoms with E-state index in [0.29, 0.717) is 5.92 Å². The first-order valence-corrected chi connectivity index (χ1v) is 5.24. The third-order valence-corrected chi connectivity index (χ3v) is 2.69. The molecule has 11 heavy (non-hydrogen) atoms. The summed E-state index contributed by atoms with van der Waals surface area (Å²) in [7, 11) is 0. The molecule has 1 atom stereocenters. The minimum Gasteiger partial charge on any atom is -0.241 e. The maximum absolute atomic E-state index is 4.20. The zero-order chi connectivity index (χ0) is 8.10. The van der Waals surface area contributed by atoms with Crippen molar-refractivity contribution in [1.29, 1.82) is 0 Å². The third kappa shape index (κ3) is 2.39. The lowest BCUT2D eigenvalue weighted by atomic mass is 10.1. The molecule has 1 aromatic rings. The molecule has 1 unspecified atom stereocenters. The van der Waals surface area contributed by atoms with Gasteiger partial charge in [-0.2, -0.15) is 0 Å². The Balaban J connectivity index is 2.74. The lowest BCUT2D eigenvalue weighted by Gasteiger charge is -2.07. The smallest absolute Gasteiger partial charge is 0.132 e. The molecule has 0 saturated heterocycles. The second kappa shape index (κ2) is 4.64. The maximum Gasteiger partial charge on any atom is 0.132 e. The number of hydrogen-bond donors (Lipinski definition) is 0. The van der Waals surface area contributed by atoms with Crippen LogP contribution >= 0.6 is 22.6 Å². The van der Waals surface area contributed by atoms with Crippen molar-refractivity contribution in [2.45, 2.75) is 19.3 Å². The Morgan fingerprint density at radius 3 is 2.55 bits per heavy atom. The maximum atomic E-state index is 4.20. The van der Waals surface area contributed by atoms with E-state index in [1.807, 2.05) is 6.07 Å². The molecule has 3 heteroatoms. The Kier molecular flexibility index (Phi) is 3.76. The summed E-state index contributed by atoms with van der Waals surface area (Å²) in [5, 5.41) is 0. The van der Waals surface area contributed by atoms with Crippen LogP contribution in [0.1, 0.15) is 25.1 Å². The van der Waals surface area contributed by atoms with E-state index in [2.05, 4.69) is 39.5 Å². The SMILES string of the molecule is CCC(CI)c1ncccn1. The van der Waals surface area contributed by atoms with Crippen LogP contribution < -0.4 is 0 Å². The first kappa shape index (κ1) is 8.90.